The van der Waals surface area contributed by atoms with E-state index in [1.165, 1.54) is 17.2 Å². The molecule has 1 atom stereocenters. The molecule has 18 heavy (non-hydrogen) atoms. The lowest BCUT2D eigenvalue weighted by Gasteiger charge is -2.32. The molecule has 2 rings (SSSR count). The number of halogens is 1. The number of hydrogen-bond acceptors (Lipinski definition) is 3. The van der Waals surface area contributed by atoms with Crippen molar-refractivity contribution < 1.29 is 14.7 Å². The van der Waals surface area contributed by atoms with Gasteiger partial charge in [-0.15, -0.1) is 0 Å². The van der Waals surface area contributed by atoms with E-state index in [1.54, 1.807) is 6.07 Å². The maximum Gasteiger partial charge on any atom is 0.326 e. The van der Waals surface area contributed by atoms with Crippen LogP contribution in [0.25, 0.3) is 0 Å². The summed E-state index contributed by atoms with van der Waals surface area (Å²) >= 11 is 5.80. The van der Waals surface area contributed by atoms with E-state index in [2.05, 4.69) is 4.98 Å². The number of nitrogens with zero attached hydrogens (tertiary/aromatic N) is 2. The number of aromatic nitrogens is 1. The Labute approximate surface area is 109 Å². The molecule has 2 heterocycles. The maximum absolute atomic E-state index is 12.2. The number of pyridine rings is 1. The molecule has 1 saturated heterocycles. The van der Waals surface area contributed by atoms with Crippen LogP contribution in [-0.4, -0.2) is 39.5 Å². The van der Waals surface area contributed by atoms with Crippen LogP contribution in [0.4, 0.5) is 0 Å². The third-order valence-electron chi connectivity index (χ3n) is 2.99. The van der Waals surface area contributed by atoms with E-state index in [0.717, 1.165) is 12.8 Å². The maximum atomic E-state index is 12.2. The molecule has 1 fully saturated rings. The normalized spacial score (nSPS) is 19.6. The van der Waals surface area contributed by atoms with Crippen LogP contribution in [-0.2, 0) is 4.79 Å². The summed E-state index contributed by atoms with van der Waals surface area (Å²) in [4.78, 5) is 28.6. The largest absolute Gasteiger partial charge is 0.480 e. The average molecular weight is 269 g/mol. The van der Waals surface area contributed by atoms with Crippen LogP contribution in [0, 0.1) is 0 Å². The van der Waals surface area contributed by atoms with Crippen molar-refractivity contribution in [2.45, 2.75) is 25.3 Å². The Morgan fingerprint density at radius 1 is 1.44 bits per heavy atom. The highest BCUT2D eigenvalue weighted by Crippen LogP contribution is 2.20. The molecule has 6 heteroatoms. The Hall–Kier alpha value is -1.62. The standard InChI is InChI=1S/C12H13ClN2O3/c13-8-4-5-14-9(7-8)11(16)15-6-2-1-3-10(15)12(17)18/h4-5,7,10H,1-3,6H2,(H,17,18)/t10-/m0/s1. The van der Waals surface area contributed by atoms with Crippen molar-refractivity contribution in [3.63, 3.8) is 0 Å². The van der Waals surface area contributed by atoms with E-state index in [9.17, 15) is 9.59 Å². The van der Waals surface area contributed by atoms with E-state index < -0.39 is 12.0 Å². The predicted molar refractivity (Wildman–Crippen MR) is 65.6 cm³/mol. The second-order valence-corrected chi connectivity index (χ2v) is 4.64. The first-order chi connectivity index (χ1) is 8.59. The van der Waals surface area contributed by atoms with Gasteiger partial charge in [-0.25, -0.2) is 4.79 Å². The third kappa shape index (κ3) is 2.61. The first-order valence-electron chi connectivity index (χ1n) is 5.75. The topological polar surface area (TPSA) is 70.5 Å². The van der Waals surface area contributed by atoms with Crippen molar-refractivity contribution in [2.75, 3.05) is 6.54 Å². The van der Waals surface area contributed by atoms with Gasteiger partial charge in [0.15, 0.2) is 0 Å². The number of carboxylic acid groups (broad SMARTS) is 1. The molecule has 0 bridgehead atoms. The number of aliphatic carboxylic acids is 1. The molecular weight excluding hydrogens is 256 g/mol. The highest BCUT2D eigenvalue weighted by Gasteiger charge is 2.32. The van der Waals surface area contributed by atoms with E-state index >= 15 is 0 Å². The molecule has 0 unspecified atom stereocenters. The number of amides is 1. The molecule has 1 aliphatic rings. The van der Waals surface area contributed by atoms with Gasteiger partial charge in [-0.2, -0.15) is 0 Å². The van der Waals surface area contributed by atoms with Gasteiger partial charge in [0, 0.05) is 17.8 Å². The molecule has 1 aromatic heterocycles. The zero-order valence-electron chi connectivity index (χ0n) is 9.67. The molecular formula is C12H13ClN2O3. The number of likely N-dealkylation sites (tertiary alicyclic amines) is 1. The molecule has 1 aromatic rings. The molecule has 1 amide bonds. The van der Waals surface area contributed by atoms with Crippen LogP contribution in [0.1, 0.15) is 29.8 Å². The minimum absolute atomic E-state index is 0.190. The van der Waals surface area contributed by atoms with Gasteiger partial charge >= 0.3 is 5.97 Å². The van der Waals surface area contributed by atoms with Crippen molar-refractivity contribution in [3.8, 4) is 0 Å². The predicted octanol–water partition coefficient (Wildman–Crippen LogP) is 1.81. The summed E-state index contributed by atoms with van der Waals surface area (Å²) in [5.74, 6) is -1.34. The van der Waals surface area contributed by atoms with E-state index in [4.69, 9.17) is 16.7 Å². The lowest BCUT2D eigenvalue weighted by molar-refractivity contribution is -0.143. The molecule has 96 valence electrons. The Balaban J connectivity index is 2.23. The van der Waals surface area contributed by atoms with Crippen LogP contribution < -0.4 is 0 Å². The lowest BCUT2D eigenvalue weighted by Crippen LogP contribution is -2.48. The minimum atomic E-state index is -0.968. The zero-order valence-corrected chi connectivity index (χ0v) is 10.4. The number of hydrogen-bond donors (Lipinski definition) is 1. The average Bonchev–Trinajstić information content (AvgIpc) is 2.38. The Bertz CT molecular complexity index is 478. The van der Waals surface area contributed by atoms with Crippen LogP contribution in [0.2, 0.25) is 5.02 Å². The van der Waals surface area contributed by atoms with Crippen LogP contribution in [0.5, 0.6) is 0 Å². The van der Waals surface area contributed by atoms with Gasteiger partial charge in [0.2, 0.25) is 0 Å². The molecule has 0 radical (unpaired) electrons. The number of carbonyl (C=O) groups excluding carboxylic acids is 1. The fourth-order valence-electron chi connectivity index (χ4n) is 2.10. The van der Waals surface area contributed by atoms with Crippen LogP contribution in [0.15, 0.2) is 18.3 Å². The summed E-state index contributed by atoms with van der Waals surface area (Å²) in [7, 11) is 0. The second-order valence-electron chi connectivity index (χ2n) is 4.21. The Morgan fingerprint density at radius 2 is 2.22 bits per heavy atom. The molecule has 5 nitrogen and oxygen atoms in total. The van der Waals surface area contributed by atoms with E-state index in [1.807, 2.05) is 0 Å². The first-order valence-corrected chi connectivity index (χ1v) is 6.12. The summed E-state index contributed by atoms with van der Waals surface area (Å²) in [5, 5.41) is 9.53. The SMILES string of the molecule is O=C(O)[C@@H]1CCCCN1C(=O)c1cc(Cl)ccn1. The Morgan fingerprint density at radius 3 is 2.89 bits per heavy atom. The monoisotopic (exact) mass is 268 g/mol. The van der Waals surface area contributed by atoms with Gasteiger partial charge < -0.3 is 10.0 Å². The van der Waals surface area contributed by atoms with Crippen molar-refractivity contribution in [2.24, 2.45) is 0 Å². The summed E-state index contributed by atoms with van der Waals surface area (Å²) < 4.78 is 0. The summed E-state index contributed by atoms with van der Waals surface area (Å²) in [6.45, 7) is 0.448. The molecule has 0 aromatic carbocycles. The molecule has 0 aliphatic carbocycles. The second kappa shape index (κ2) is 5.35. The molecule has 1 aliphatic heterocycles. The van der Waals surface area contributed by atoms with Crippen molar-refractivity contribution in [1.29, 1.82) is 0 Å². The van der Waals surface area contributed by atoms with Crippen LogP contribution in [0.3, 0.4) is 0 Å². The molecule has 0 saturated carbocycles. The van der Waals surface area contributed by atoms with Gasteiger partial charge in [0.1, 0.15) is 11.7 Å². The minimum Gasteiger partial charge on any atom is -0.480 e. The van der Waals surface area contributed by atoms with Crippen molar-refractivity contribution in [1.82, 2.24) is 9.88 Å². The number of carbonyl (C=O) groups is 2. The van der Waals surface area contributed by atoms with Gasteiger partial charge in [0.25, 0.3) is 5.91 Å². The fraction of sp³-hybridized carbons (Fsp3) is 0.417. The third-order valence-corrected chi connectivity index (χ3v) is 3.22. The Kier molecular flexibility index (Phi) is 3.81. The van der Waals surface area contributed by atoms with Gasteiger partial charge in [-0.1, -0.05) is 11.6 Å². The number of carboxylic acids is 1. The highest BCUT2D eigenvalue weighted by atomic mass is 35.5. The van der Waals surface area contributed by atoms with Crippen molar-refractivity contribution in [3.05, 3.63) is 29.0 Å². The van der Waals surface area contributed by atoms with Crippen molar-refractivity contribution >= 4 is 23.5 Å². The number of piperidine rings is 1. The summed E-state index contributed by atoms with van der Waals surface area (Å²) in [6.07, 6.45) is 3.57. The zero-order chi connectivity index (χ0) is 13.1. The van der Waals surface area contributed by atoms with Gasteiger partial charge in [-0.3, -0.25) is 9.78 Å². The fourth-order valence-corrected chi connectivity index (χ4v) is 2.26. The quantitative estimate of drug-likeness (QED) is 0.888. The molecule has 1 N–H and O–H groups in total. The highest BCUT2D eigenvalue weighted by molar-refractivity contribution is 6.30. The summed E-state index contributed by atoms with van der Waals surface area (Å²) in [6, 6.07) is 2.27. The number of rotatable bonds is 2. The smallest absolute Gasteiger partial charge is 0.326 e. The van der Waals surface area contributed by atoms with Gasteiger partial charge in [0.05, 0.1) is 0 Å². The molecule has 0 spiro atoms. The van der Waals surface area contributed by atoms with E-state index in [-0.39, 0.29) is 11.6 Å². The van der Waals surface area contributed by atoms with Gasteiger partial charge in [-0.05, 0) is 31.4 Å². The van der Waals surface area contributed by atoms with Crippen LogP contribution >= 0.6 is 11.6 Å². The lowest BCUT2D eigenvalue weighted by atomic mass is 10.0. The summed E-state index contributed by atoms with van der Waals surface area (Å²) in [5.41, 5.74) is 0.190. The first kappa shape index (κ1) is 12.8. The van der Waals surface area contributed by atoms with E-state index in [0.29, 0.717) is 18.0 Å².